The molecule has 2 aromatic carbocycles. The van der Waals surface area contributed by atoms with Gasteiger partial charge in [-0.3, -0.25) is 0 Å². The van der Waals surface area contributed by atoms with Gasteiger partial charge in [0.25, 0.3) is 0 Å². The van der Waals surface area contributed by atoms with E-state index in [9.17, 15) is 5.11 Å². The van der Waals surface area contributed by atoms with Gasteiger partial charge in [-0.25, -0.2) is 4.98 Å². The molecule has 7 nitrogen and oxygen atoms in total. The second kappa shape index (κ2) is 7.91. The molecule has 3 aromatic rings. The van der Waals surface area contributed by atoms with Crippen molar-refractivity contribution in [2.45, 2.75) is 18.9 Å². The van der Waals surface area contributed by atoms with Crippen molar-refractivity contribution >= 4 is 11.6 Å². The number of hydrogen-bond acceptors (Lipinski definition) is 7. The number of rotatable bonds is 5. The Kier molecular flexibility index (Phi) is 4.96. The summed E-state index contributed by atoms with van der Waals surface area (Å²) in [5.74, 6) is 1.63. The van der Waals surface area contributed by atoms with Crippen LogP contribution >= 0.6 is 0 Å². The van der Waals surface area contributed by atoms with Gasteiger partial charge in [-0.2, -0.15) is 0 Å². The van der Waals surface area contributed by atoms with Crippen LogP contribution < -0.4 is 15.5 Å². The van der Waals surface area contributed by atoms with Crippen molar-refractivity contribution in [2.24, 2.45) is 5.92 Å². The highest BCUT2D eigenvalue weighted by atomic mass is 16.3. The third kappa shape index (κ3) is 3.80. The van der Waals surface area contributed by atoms with Crippen LogP contribution in [0, 0.1) is 5.92 Å². The molecule has 1 aliphatic carbocycles. The Morgan fingerprint density at radius 2 is 1.87 bits per heavy atom. The van der Waals surface area contributed by atoms with Crippen molar-refractivity contribution in [3.63, 3.8) is 0 Å². The highest BCUT2D eigenvalue weighted by Crippen LogP contribution is 2.35. The molecule has 1 aliphatic heterocycles. The number of benzene rings is 2. The minimum atomic E-state index is 0.171. The Balaban J connectivity index is 1.33. The molecule has 154 valence electrons. The maximum Gasteiger partial charge on any atom is 0.245 e. The number of phenolic OH excluding ortho intramolecular Hbond substituents is 1. The first-order chi connectivity index (χ1) is 14.7. The molecule has 1 atom stereocenters. The molecule has 7 heteroatoms. The van der Waals surface area contributed by atoms with Crippen molar-refractivity contribution in [1.29, 1.82) is 0 Å². The Labute approximate surface area is 176 Å². The highest BCUT2D eigenvalue weighted by Gasteiger charge is 2.34. The Bertz CT molecular complexity index is 1020. The molecule has 1 aromatic heterocycles. The third-order valence-electron chi connectivity index (χ3n) is 6.01. The molecule has 1 unspecified atom stereocenters. The van der Waals surface area contributed by atoms with E-state index in [1.165, 1.54) is 12.8 Å². The predicted molar refractivity (Wildman–Crippen MR) is 119 cm³/mol. The van der Waals surface area contributed by atoms with Crippen molar-refractivity contribution < 1.29 is 5.11 Å². The second-order valence-corrected chi connectivity index (χ2v) is 8.05. The van der Waals surface area contributed by atoms with E-state index >= 15 is 0 Å². The molecule has 3 N–H and O–H groups in total. The summed E-state index contributed by atoms with van der Waals surface area (Å²) in [6.45, 7) is 2.76. The zero-order valence-corrected chi connectivity index (χ0v) is 17.0. The molecule has 0 radical (unpaired) electrons. The zero-order chi connectivity index (χ0) is 20.5. The summed E-state index contributed by atoms with van der Waals surface area (Å²) in [5, 5.41) is 26.0. The van der Waals surface area contributed by atoms with Gasteiger partial charge < -0.3 is 20.6 Å². The van der Waals surface area contributed by atoms with Gasteiger partial charge in [-0.05, 0) is 54.2 Å². The van der Waals surface area contributed by atoms with E-state index in [1.54, 1.807) is 12.3 Å². The van der Waals surface area contributed by atoms with Gasteiger partial charge >= 0.3 is 0 Å². The standard InChI is InChI=1S/C23H26N6O/c1-24-18-7-4-15(5-8-18)17-6-9-19(22(30)12-17)20-13-26-23(28-27-20)29-11-10-25-21(14-29)16-2-3-16/h4-9,12-13,16,21,24-25,30H,2-3,10-11,14H2,1H3. The quantitative estimate of drug-likeness (QED) is 0.604. The van der Waals surface area contributed by atoms with Crippen LogP contribution in [0.4, 0.5) is 11.6 Å². The lowest BCUT2D eigenvalue weighted by Gasteiger charge is -2.33. The van der Waals surface area contributed by atoms with E-state index < -0.39 is 0 Å². The van der Waals surface area contributed by atoms with E-state index in [2.05, 4.69) is 30.7 Å². The third-order valence-corrected chi connectivity index (χ3v) is 6.01. The molecule has 2 aliphatic rings. The Morgan fingerprint density at radius 1 is 1.07 bits per heavy atom. The van der Waals surface area contributed by atoms with Gasteiger partial charge in [0.2, 0.25) is 5.95 Å². The fourth-order valence-electron chi connectivity index (χ4n) is 4.07. The molecule has 5 rings (SSSR count). The zero-order valence-electron chi connectivity index (χ0n) is 17.0. The number of aromatic hydroxyl groups is 1. The van der Waals surface area contributed by atoms with E-state index in [-0.39, 0.29) is 5.75 Å². The maximum absolute atomic E-state index is 10.6. The molecular weight excluding hydrogens is 376 g/mol. The first kappa shape index (κ1) is 18.8. The van der Waals surface area contributed by atoms with Gasteiger partial charge in [-0.1, -0.05) is 18.2 Å². The maximum atomic E-state index is 10.6. The van der Waals surface area contributed by atoms with E-state index in [4.69, 9.17) is 0 Å². The highest BCUT2D eigenvalue weighted by molar-refractivity contribution is 5.74. The number of phenols is 1. The largest absolute Gasteiger partial charge is 0.507 e. The Morgan fingerprint density at radius 3 is 2.53 bits per heavy atom. The summed E-state index contributed by atoms with van der Waals surface area (Å²) in [6.07, 6.45) is 4.34. The first-order valence-corrected chi connectivity index (χ1v) is 10.5. The lowest BCUT2D eigenvalue weighted by Crippen LogP contribution is -2.52. The van der Waals surface area contributed by atoms with Crippen LogP contribution in [0.1, 0.15) is 12.8 Å². The first-order valence-electron chi connectivity index (χ1n) is 10.5. The van der Waals surface area contributed by atoms with Crippen LogP contribution in [-0.2, 0) is 0 Å². The van der Waals surface area contributed by atoms with Crippen molar-refractivity contribution in [2.75, 3.05) is 36.9 Å². The number of nitrogens with zero attached hydrogens (tertiary/aromatic N) is 4. The summed E-state index contributed by atoms with van der Waals surface area (Å²) in [6, 6.07) is 14.2. The van der Waals surface area contributed by atoms with Crippen LogP contribution in [-0.4, -0.2) is 53.0 Å². The molecule has 2 heterocycles. The molecule has 2 fully saturated rings. The van der Waals surface area contributed by atoms with E-state index in [1.807, 2.05) is 43.4 Å². The van der Waals surface area contributed by atoms with Gasteiger partial charge in [-0.15, -0.1) is 10.2 Å². The molecule has 0 bridgehead atoms. The van der Waals surface area contributed by atoms with Crippen molar-refractivity contribution in [1.82, 2.24) is 20.5 Å². The summed E-state index contributed by atoms with van der Waals surface area (Å²) in [4.78, 5) is 6.74. The number of anilines is 2. The van der Waals surface area contributed by atoms with Gasteiger partial charge in [0.05, 0.1) is 6.20 Å². The fraction of sp³-hybridized carbons (Fsp3) is 0.348. The number of aromatic nitrogens is 3. The normalized spacial score (nSPS) is 19.0. The van der Waals surface area contributed by atoms with Crippen molar-refractivity contribution in [3.05, 3.63) is 48.7 Å². The van der Waals surface area contributed by atoms with Crippen LogP contribution in [0.3, 0.4) is 0 Å². The molecule has 1 saturated heterocycles. The monoisotopic (exact) mass is 402 g/mol. The van der Waals surface area contributed by atoms with E-state index in [0.717, 1.165) is 42.4 Å². The number of piperazine rings is 1. The van der Waals surface area contributed by atoms with Crippen LogP contribution in [0.15, 0.2) is 48.7 Å². The molecular formula is C23H26N6O. The number of hydrogen-bond donors (Lipinski definition) is 3. The minimum Gasteiger partial charge on any atom is -0.507 e. The molecule has 30 heavy (non-hydrogen) atoms. The lowest BCUT2D eigenvalue weighted by molar-refractivity contribution is 0.414. The second-order valence-electron chi connectivity index (χ2n) is 8.05. The van der Waals surface area contributed by atoms with Gasteiger partial charge in [0, 0.05) is 44.0 Å². The smallest absolute Gasteiger partial charge is 0.245 e. The Hall–Kier alpha value is -3.19. The van der Waals surface area contributed by atoms with Crippen LogP contribution in [0.25, 0.3) is 22.4 Å². The lowest BCUT2D eigenvalue weighted by atomic mass is 10.0. The number of nitrogens with one attached hydrogen (secondary N) is 2. The van der Waals surface area contributed by atoms with E-state index in [0.29, 0.717) is 23.2 Å². The predicted octanol–water partition coefficient (Wildman–Crippen LogP) is 3.14. The summed E-state index contributed by atoms with van der Waals surface area (Å²) >= 11 is 0. The van der Waals surface area contributed by atoms with Crippen LogP contribution in [0.2, 0.25) is 0 Å². The van der Waals surface area contributed by atoms with Gasteiger partial charge in [0.1, 0.15) is 11.4 Å². The molecule has 0 amide bonds. The molecule has 1 saturated carbocycles. The topological polar surface area (TPSA) is 86.2 Å². The summed E-state index contributed by atoms with van der Waals surface area (Å²) in [7, 11) is 1.89. The molecule has 0 spiro atoms. The minimum absolute atomic E-state index is 0.171. The SMILES string of the molecule is CNc1ccc(-c2ccc(-c3cnc(N4CCNC(C5CC5)C4)nn3)c(O)c2)cc1. The average molecular weight is 403 g/mol. The van der Waals surface area contributed by atoms with Crippen LogP contribution in [0.5, 0.6) is 5.75 Å². The summed E-state index contributed by atoms with van der Waals surface area (Å²) in [5.41, 5.74) is 4.24. The summed E-state index contributed by atoms with van der Waals surface area (Å²) < 4.78 is 0. The van der Waals surface area contributed by atoms with Gasteiger partial charge in [0.15, 0.2) is 0 Å². The fourth-order valence-corrected chi connectivity index (χ4v) is 4.07. The average Bonchev–Trinajstić information content (AvgIpc) is 3.65. The van der Waals surface area contributed by atoms with Crippen molar-refractivity contribution in [3.8, 4) is 28.1 Å².